The Balaban J connectivity index is 1.36. The summed E-state index contributed by atoms with van der Waals surface area (Å²) in [7, 11) is 0. The first-order chi connectivity index (χ1) is 13.1. The molecule has 1 saturated heterocycles. The number of nitrogens with zero attached hydrogens (tertiary/aromatic N) is 4. The van der Waals surface area contributed by atoms with Crippen LogP contribution < -0.4 is 4.90 Å². The molecule has 0 atom stereocenters. The van der Waals surface area contributed by atoms with E-state index in [2.05, 4.69) is 15.0 Å². The Kier molecular flexibility index (Phi) is 4.72. The topological polar surface area (TPSA) is 75.6 Å². The number of benzene rings is 1. The maximum Gasteiger partial charge on any atom is 0.241 e. The molecule has 1 fully saturated rings. The van der Waals surface area contributed by atoms with Crippen molar-refractivity contribution in [2.45, 2.75) is 13.5 Å². The Labute approximate surface area is 155 Å². The van der Waals surface area contributed by atoms with Crippen molar-refractivity contribution >= 4 is 11.5 Å². The number of hydrogen-bond acceptors (Lipinski definition) is 7. The first kappa shape index (κ1) is 17.4. The summed E-state index contributed by atoms with van der Waals surface area (Å²) < 4.78 is 24.9. The predicted octanol–water partition coefficient (Wildman–Crippen LogP) is 2.99. The Morgan fingerprint density at radius 1 is 1.22 bits per heavy atom. The van der Waals surface area contributed by atoms with Crippen LogP contribution in [0.5, 0.6) is 0 Å². The van der Waals surface area contributed by atoms with E-state index in [0.29, 0.717) is 48.4 Å². The standard InChI is InChI=1S/C19H19FN4O3/c1-13(25)14-4-5-16(15(20)11-14)24-8-6-23(7-9-24)12-18-21-19(22-27-18)17-3-2-10-26-17/h2-5,10-11H,6-9,12H2,1H3. The summed E-state index contributed by atoms with van der Waals surface area (Å²) in [5.74, 6) is 1.02. The molecule has 140 valence electrons. The average Bonchev–Trinajstić information content (AvgIpc) is 3.34. The van der Waals surface area contributed by atoms with E-state index in [-0.39, 0.29) is 11.6 Å². The molecule has 1 aliphatic rings. The van der Waals surface area contributed by atoms with Gasteiger partial charge >= 0.3 is 0 Å². The van der Waals surface area contributed by atoms with Crippen molar-refractivity contribution in [2.75, 3.05) is 31.1 Å². The van der Waals surface area contributed by atoms with Crippen LogP contribution in [0.2, 0.25) is 0 Å². The van der Waals surface area contributed by atoms with E-state index in [9.17, 15) is 9.18 Å². The summed E-state index contributed by atoms with van der Waals surface area (Å²) >= 11 is 0. The SMILES string of the molecule is CC(=O)c1ccc(N2CCN(Cc3nc(-c4ccco4)no3)CC2)c(F)c1. The number of furan rings is 1. The van der Waals surface area contributed by atoms with E-state index in [1.807, 2.05) is 4.90 Å². The number of carbonyl (C=O) groups is 1. The lowest BCUT2D eigenvalue weighted by atomic mass is 10.1. The second-order valence-corrected chi connectivity index (χ2v) is 6.47. The van der Waals surface area contributed by atoms with Gasteiger partial charge in [0, 0.05) is 31.7 Å². The van der Waals surface area contributed by atoms with Crippen LogP contribution in [0.15, 0.2) is 45.5 Å². The molecule has 0 radical (unpaired) electrons. The van der Waals surface area contributed by atoms with Crippen LogP contribution in [-0.2, 0) is 6.54 Å². The zero-order valence-corrected chi connectivity index (χ0v) is 14.9. The summed E-state index contributed by atoms with van der Waals surface area (Å²) in [6, 6.07) is 8.20. The molecule has 0 N–H and O–H groups in total. The van der Waals surface area contributed by atoms with Crippen molar-refractivity contribution in [1.82, 2.24) is 15.0 Å². The molecule has 3 heterocycles. The van der Waals surface area contributed by atoms with Gasteiger partial charge in [0.05, 0.1) is 18.5 Å². The third kappa shape index (κ3) is 3.75. The van der Waals surface area contributed by atoms with Gasteiger partial charge in [-0.05, 0) is 37.3 Å². The number of ketones is 1. The maximum absolute atomic E-state index is 14.3. The number of hydrogen-bond donors (Lipinski definition) is 0. The maximum atomic E-state index is 14.3. The molecule has 1 aromatic carbocycles. The van der Waals surface area contributed by atoms with Crippen LogP contribution in [0.1, 0.15) is 23.2 Å². The second kappa shape index (κ2) is 7.32. The van der Waals surface area contributed by atoms with Gasteiger partial charge in [0.15, 0.2) is 11.5 Å². The summed E-state index contributed by atoms with van der Waals surface area (Å²) in [6.07, 6.45) is 1.56. The Morgan fingerprint density at radius 2 is 2.04 bits per heavy atom. The highest BCUT2D eigenvalue weighted by atomic mass is 19.1. The van der Waals surface area contributed by atoms with Gasteiger partial charge in [-0.25, -0.2) is 4.39 Å². The van der Waals surface area contributed by atoms with Crippen molar-refractivity contribution in [1.29, 1.82) is 0 Å². The Bertz CT molecular complexity index is 930. The fraction of sp³-hybridized carbons (Fsp3) is 0.316. The highest BCUT2D eigenvalue weighted by Gasteiger charge is 2.22. The van der Waals surface area contributed by atoms with Crippen molar-refractivity contribution in [3.05, 3.63) is 53.9 Å². The molecule has 1 aliphatic heterocycles. The van der Waals surface area contributed by atoms with Crippen LogP contribution in [0.3, 0.4) is 0 Å². The Hall–Kier alpha value is -3.00. The highest BCUT2D eigenvalue weighted by molar-refractivity contribution is 5.94. The van der Waals surface area contributed by atoms with Crippen LogP contribution in [-0.4, -0.2) is 47.0 Å². The van der Waals surface area contributed by atoms with Gasteiger partial charge in [0.25, 0.3) is 0 Å². The minimum absolute atomic E-state index is 0.140. The van der Waals surface area contributed by atoms with Crippen molar-refractivity contribution in [3.8, 4) is 11.6 Å². The molecule has 7 nitrogen and oxygen atoms in total. The van der Waals surface area contributed by atoms with Gasteiger partial charge in [0.1, 0.15) is 5.82 Å². The first-order valence-electron chi connectivity index (χ1n) is 8.74. The number of halogens is 1. The van der Waals surface area contributed by atoms with Gasteiger partial charge in [-0.2, -0.15) is 4.98 Å². The molecule has 2 aromatic heterocycles. The molecule has 0 saturated carbocycles. The highest BCUT2D eigenvalue weighted by Crippen LogP contribution is 2.23. The molecule has 0 bridgehead atoms. The molecule has 8 heteroatoms. The van der Waals surface area contributed by atoms with Crippen LogP contribution in [0, 0.1) is 5.82 Å². The monoisotopic (exact) mass is 370 g/mol. The molecular formula is C19H19FN4O3. The predicted molar refractivity (Wildman–Crippen MR) is 95.9 cm³/mol. The number of piperazine rings is 1. The van der Waals surface area contributed by atoms with E-state index in [1.54, 1.807) is 30.5 Å². The van der Waals surface area contributed by atoms with E-state index >= 15 is 0 Å². The molecular weight excluding hydrogens is 351 g/mol. The molecule has 3 aromatic rings. The second-order valence-electron chi connectivity index (χ2n) is 6.47. The lowest BCUT2D eigenvalue weighted by Crippen LogP contribution is -2.46. The normalized spacial score (nSPS) is 15.3. The molecule has 0 aliphatic carbocycles. The molecule has 0 amide bonds. The smallest absolute Gasteiger partial charge is 0.241 e. The van der Waals surface area contributed by atoms with E-state index in [4.69, 9.17) is 8.94 Å². The zero-order chi connectivity index (χ0) is 18.8. The molecule has 0 spiro atoms. The van der Waals surface area contributed by atoms with Gasteiger partial charge in [-0.15, -0.1) is 0 Å². The fourth-order valence-electron chi connectivity index (χ4n) is 3.15. The van der Waals surface area contributed by atoms with Crippen molar-refractivity contribution in [2.24, 2.45) is 0 Å². The van der Waals surface area contributed by atoms with Gasteiger partial charge in [-0.3, -0.25) is 9.69 Å². The molecule has 27 heavy (non-hydrogen) atoms. The lowest BCUT2D eigenvalue weighted by molar-refractivity contribution is 0.101. The summed E-state index contributed by atoms with van der Waals surface area (Å²) in [4.78, 5) is 19.9. The molecule has 4 rings (SSSR count). The fourth-order valence-corrected chi connectivity index (χ4v) is 3.15. The van der Waals surface area contributed by atoms with Crippen LogP contribution in [0.4, 0.5) is 10.1 Å². The molecule has 0 unspecified atom stereocenters. The van der Waals surface area contributed by atoms with Crippen LogP contribution in [0.25, 0.3) is 11.6 Å². The first-order valence-corrected chi connectivity index (χ1v) is 8.74. The number of aromatic nitrogens is 2. The lowest BCUT2D eigenvalue weighted by Gasteiger charge is -2.35. The minimum atomic E-state index is -0.365. The minimum Gasteiger partial charge on any atom is -0.461 e. The van der Waals surface area contributed by atoms with E-state index in [1.165, 1.54) is 13.0 Å². The largest absolute Gasteiger partial charge is 0.461 e. The van der Waals surface area contributed by atoms with Crippen molar-refractivity contribution in [3.63, 3.8) is 0 Å². The van der Waals surface area contributed by atoms with E-state index in [0.717, 1.165) is 13.1 Å². The van der Waals surface area contributed by atoms with Gasteiger partial charge < -0.3 is 13.8 Å². The number of anilines is 1. The number of Topliss-reactive ketones (excluding diaryl/α,β-unsaturated/α-hetero) is 1. The van der Waals surface area contributed by atoms with Crippen LogP contribution >= 0.6 is 0 Å². The third-order valence-electron chi connectivity index (χ3n) is 4.64. The summed E-state index contributed by atoms with van der Waals surface area (Å²) in [5, 5.41) is 3.93. The quantitative estimate of drug-likeness (QED) is 0.639. The summed E-state index contributed by atoms with van der Waals surface area (Å²) in [6.45, 7) is 4.80. The zero-order valence-electron chi connectivity index (χ0n) is 14.9. The van der Waals surface area contributed by atoms with Gasteiger partial charge in [0.2, 0.25) is 11.7 Å². The number of carbonyl (C=O) groups excluding carboxylic acids is 1. The van der Waals surface area contributed by atoms with Gasteiger partial charge in [-0.1, -0.05) is 5.16 Å². The third-order valence-corrected chi connectivity index (χ3v) is 4.64. The van der Waals surface area contributed by atoms with E-state index < -0.39 is 0 Å². The Morgan fingerprint density at radius 3 is 2.70 bits per heavy atom. The van der Waals surface area contributed by atoms with Crippen molar-refractivity contribution < 1.29 is 18.1 Å². The summed E-state index contributed by atoms with van der Waals surface area (Å²) in [5.41, 5.74) is 0.913. The number of rotatable bonds is 5. The average molecular weight is 370 g/mol.